The van der Waals surface area contributed by atoms with Gasteiger partial charge in [-0.3, -0.25) is 0 Å². The smallest absolute Gasteiger partial charge is 0.0534 e. The number of hydrogen-bond acceptors (Lipinski definition) is 1. The number of anilines is 1. The van der Waals surface area contributed by atoms with E-state index in [1.54, 1.807) is 0 Å². The summed E-state index contributed by atoms with van der Waals surface area (Å²) in [6, 6.07) is 29.3. The topological polar surface area (TPSA) is 3.24 Å². The summed E-state index contributed by atoms with van der Waals surface area (Å²) in [6.45, 7) is 6.61. The number of para-hydroxylation sites is 1. The summed E-state index contributed by atoms with van der Waals surface area (Å²) >= 11 is 0. The van der Waals surface area contributed by atoms with E-state index in [0.717, 1.165) is 22.6 Å². The highest BCUT2D eigenvalue weighted by atomic mass is 15.2. The van der Waals surface area contributed by atoms with E-state index in [2.05, 4.69) is 103 Å². The van der Waals surface area contributed by atoms with Crippen LogP contribution in [0, 0.1) is 0 Å². The van der Waals surface area contributed by atoms with Gasteiger partial charge in [0.25, 0.3) is 0 Å². The van der Waals surface area contributed by atoms with E-state index >= 15 is 0 Å². The molecule has 0 aromatic heterocycles. The Balaban J connectivity index is 1.90. The van der Waals surface area contributed by atoms with Gasteiger partial charge in [0.2, 0.25) is 0 Å². The summed E-state index contributed by atoms with van der Waals surface area (Å²) in [7, 11) is 0. The minimum atomic E-state index is 0.979. The molecule has 4 rings (SSSR count). The van der Waals surface area contributed by atoms with Gasteiger partial charge in [-0.15, -0.1) is 0 Å². The Morgan fingerprint density at radius 3 is 1.96 bits per heavy atom. The third-order valence-electron chi connectivity index (χ3n) is 4.81. The number of hydrogen-bond donors (Lipinski definition) is 0. The summed E-state index contributed by atoms with van der Waals surface area (Å²) in [6.07, 6.45) is 4.38. The van der Waals surface area contributed by atoms with Crippen molar-refractivity contribution in [3.05, 3.63) is 120 Å². The van der Waals surface area contributed by atoms with E-state index in [1.165, 1.54) is 16.7 Å². The molecule has 26 heavy (non-hydrogen) atoms. The highest BCUT2D eigenvalue weighted by molar-refractivity contribution is 5.93. The summed E-state index contributed by atoms with van der Waals surface area (Å²) in [5, 5.41) is 0. The van der Waals surface area contributed by atoms with E-state index in [1.807, 2.05) is 12.1 Å². The van der Waals surface area contributed by atoms with Crippen LogP contribution in [0.3, 0.4) is 0 Å². The second-order valence-electron chi connectivity index (χ2n) is 6.42. The molecule has 3 aromatic rings. The van der Waals surface area contributed by atoms with Gasteiger partial charge in [0.05, 0.1) is 5.69 Å². The maximum absolute atomic E-state index is 4.43. The van der Waals surface area contributed by atoms with Gasteiger partial charge in [-0.2, -0.15) is 0 Å². The second kappa shape index (κ2) is 6.89. The van der Waals surface area contributed by atoms with E-state index in [4.69, 9.17) is 0 Å². The molecule has 0 N–H and O–H groups in total. The SMILES string of the molecule is C=C(c1ccccc1)N1/C(=C(\C)c2ccccc2)C=Cc2ccccc21. The third-order valence-corrected chi connectivity index (χ3v) is 4.81. The normalized spacial score (nSPS) is 14.7. The molecule has 0 atom stereocenters. The zero-order valence-corrected chi connectivity index (χ0v) is 14.9. The fraction of sp³-hybridized carbons (Fsp3) is 0.0400. The molecule has 0 saturated heterocycles. The molecule has 1 heterocycles. The van der Waals surface area contributed by atoms with Gasteiger partial charge in [0, 0.05) is 11.4 Å². The van der Waals surface area contributed by atoms with Crippen LogP contribution in [0.1, 0.15) is 23.6 Å². The minimum Gasteiger partial charge on any atom is -0.310 e. The first-order valence-electron chi connectivity index (χ1n) is 8.83. The predicted octanol–water partition coefficient (Wildman–Crippen LogP) is 6.62. The zero-order valence-electron chi connectivity index (χ0n) is 14.9. The quantitative estimate of drug-likeness (QED) is 0.520. The van der Waals surface area contributed by atoms with Crippen molar-refractivity contribution in [2.45, 2.75) is 6.92 Å². The van der Waals surface area contributed by atoms with Crippen LogP contribution in [0.25, 0.3) is 17.3 Å². The van der Waals surface area contributed by atoms with E-state index in [0.29, 0.717) is 0 Å². The first-order valence-corrected chi connectivity index (χ1v) is 8.83. The van der Waals surface area contributed by atoms with Crippen molar-refractivity contribution in [2.75, 3.05) is 4.90 Å². The van der Waals surface area contributed by atoms with Gasteiger partial charge in [0.1, 0.15) is 0 Å². The molecule has 126 valence electrons. The van der Waals surface area contributed by atoms with Crippen LogP contribution in [-0.4, -0.2) is 0 Å². The molecular weight excluding hydrogens is 314 g/mol. The van der Waals surface area contributed by atoms with Crippen molar-refractivity contribution >= 4 is 23.0 Å². The Kier molecular flexibility index (Phi) is 4.28. The molecule has 1 aliphatic heterocycles. The lowest BCUT2D eigenvalue weighted by atomic mass is 9.97. The largest absolute Gasteiger partial charge is 0.310 e. The highest BCUT2D eigenvalue weighted by Crippen LogP contribution is 2.39. The average molecular weight is 335 g/mol. The van der Waals surface area contributed by atoms with Crippen LogP contribution < -0.4 is 4.90 Å². The molecular formula is C25H21N. The summed E-state index contributed by atoms with van der Waals surface area (Å²) < 4.78 is 0. The van der Waals surface area contributed by atoms with Crippen molar-refractivity contribution in [1.29, 1.82) is 0 Å². The lowest BCUT2D eigenvalue weighted by Crippen LogP contribution is -2.23. The van der Waals surface area contributed by atoms with Crippen LogP contribution in [0.4, 0.5) is 5.69 Å². The molecule has 0 saturated carbocycles. The third kappa shape index (κ3) is 2.89. The Morgan fingerprint density at radius 1 is 0.692 bits per heavy atom. The van der Waals surface area contributed by atoms with Gasteiger partial charge in [0.15, 0.2) is 0 Å². The first-order chi connectivity index (χ1) is 12.8. The maximum atomic E-state index is 4.43. The van der Waals surface area contributed by atoms with Gasteiger partial charge in [-0.05, 0) is 41.3 Å². The zero-order chi connectivity index (χ0) is 17.9. The molecule has 1 aliphatic rings. The number of benzene rings is 3. The Hall–Kier alpha value is -3.32. The summed E-state index contributed by atoms with van der Waals surface area (Å²) in [5.41, 5.74) is 8.07. The van der Waals surface area contributed by atoms with E-state index in [9.17, 15) is 0 Å². The predicted molar refractivity (Wildman–Crippen MR) is 112 cm³/mol. The van der Waals surface area contributed by atoms with E-state index in [-0.39, 0.29) is 0 Å². The maximum Gasteiger partial charge on any atom is 0.0534 e. The van der Waals surface area contributed by atoms with Gasteiger partial charge >= 0.3 is 0 Å². The number of rotatable bonds is 3. The lowest BCUT2D eigenvalue weighted by Gasteiger charge is -2.33. The van der Waals surface area contributed by atoms with Crippen LogP contribution in [0.15, 0.2) is 103 Å². The van der Waals surface area contributed by atoms with Crippen LogP contribution in [0.5, 0.6) is 0 Å². The van der Waals surface area contributed by atoms with Crippen molar-refractivity contribution in [3.63, 3.8) is 0 Å². The molecule has 0 spiro atoms. The van der Waals surface area contributed by atoms with Crippen LogP contribution >= 0.6 is 0 Å². The Bertz CT molecular complexity index is 995. The molecule has 3 aromatic carbocycles. The lowest BCUT2D eigenvalue weighted by molar-refractivity contribution is 1.20. The van der Waals surface area contributed by atoms with Gasteiger partial charge in [-0.1, -0.05) is 91.5 Å². The van der Waals surface area contributed by atoms with Crippen LogP contribution in [0.2, 0.25) is 0 Å². The van der Waals surface area contributed by atoms with Crippen molar-refractivity contribution < 1.29 is 0 Å². The summed E-state index contributed by atoms with van der Waals surface area (Å²) in [5.74, 6) is 0. The standard InChI is InChI=1S/C25H21N/c1-19(21-11-5-3-6-12-21)24-18-17-23-15-9-10-16-25(23)26(24)20(2)22-13-7-4-8-14-22/h3-18H,2H2,1H3/b24-19+. The molecule has 0 amide bonds. The Morgan fingerprint density at radius 2 is 1.27 bits per heavy atom. The average Bonchev–Trinajstić information content (AvgIpc) is 2.73. The summed E-state index contributed by atoms with van der Waals surface area (Å²) in [4.78, 5) is 2.27. The monoisotopic (exact) mass is 335 g/mol. The van der Waals surface area contributed by atoms with Crippen molar-refractivity contribution in [3.8, 4) is 0 Å². The number of fused-ring (bicyclic) bond motifs is 1. The first kappa shape index (κ1) is 16.2. The van der Waals surface area contributed by atoms with E-state index < -0.39 is 0 Å². The molecule has 0 bridgehead atoms. The fourth-order valence-electron chi connectivity index (χ4n) is 3.38. The van der Waals surface area contributed by atoms with Crippen molar-refractivity contribution in [1.82, 2.24) is 0 Å². The molecule has 1 nitrogen and oxygen atoms in total. The Labute approximate surface area is 155 Å². The molecule has 0 unspecified atom stereocenters. The minimum absolute atomic E-state index is 0.979. The number of nitrogens with zero attached hydrogens (tertiary/aromatic N) is 1. The second-order valence-corrected chi connectivity index (χ2v) is 6.42. The highest BCUT2D eigenvalue weighted by Gasteiger charge is 2.22. The molecule has 0 aliphatic carbocycles. The molecule has 0 fully saturated rings. The van der Waals surface area contributed by atoms with Gasteiger partial charge in [-0.25, -0.2) is 0 Å². The van der Waals surface area contributed by atoms with Crippen LogP contribution in [-0.2, 0) is 0 Å². The molecule has 1 heteroatoms. The fourth-order valence-corrected chi connectivity index (χ4v) is 3.38. The number of allylic oxidation sites excluding steroid dienone is 2. The van der Waals surface area contributed by atoms with Crippen molar-refractivity contribution in [2.24, 2.45) is 0 Å². The van der Waals surface area contributed by atoms with Gasteiger partial charge < -0.3 is 4.90 Å². The molecule has 0 radical (unpaired) electrons.